The number of hydrogen-bond acceptors (Lipinski definition) is 3. The van der Waals surface area contributed by atoms with Gasteiger partial charge in [-0.15, -0.1) is 5.10 Å². The second kappa shape index (κ2) is 5.11. The van der Waals surface area contributed by atoms with Gasteiger partial charge < -0.3 is 0 Å². The molecule has 0 radical (unpaired) electrons. The predicted molar refractivity (Wildman–Crippen MR) is 60.8 cm³/mol. The van der Waals surface area contributed by atoms with Crippen LogP contribution < -0.4 is 0 Å². The summed E-state index contributed by atoms with van der Waals surface area (Å²) in [5.41, 5.74) is 2.08. The number of nitrogens with zero attached hydrogens (tertiary/aromatic N) is 4. The Kier molecular flexibility index (Phi) is 3.55. The molecule has 0 atom stereocenters. The van der Waals surface area contributed by atoms with E-state index >= 15 is 0 Å². The summed E-state index contributed by atoms with van der Waals surface area (Å²) in [4.78, 5) is 0. The topological polar surface area (TPSA) is 54.5 Å². The van der Waals surface area contributed by atoms with Crippen LogP contribution in [0.3, 0.4) is 0 Å². The largest absolute Gasteiger partial charge is 0.246 e. The lowest BCUT2D eigenvalue weighted by Crippen LogP contribution is -2.11. The monoisotopic (exact) mass is 218 g/mol. The quantitative estimate of drug-likeness (QED) is 0.779. The van der Waals surface area contributed by atoms with Gasteiger partial charge >= 0.3 is 0 Å². The molecule has 0 N–H and O–H groups in total. The highest BCUT2D eigenvalue weighted by Gasteiger charge is 2.22. The van der Waals surface area contributed by atoms with E-state index in [9.17, 15) is 0 Å². The SMILES string of the molecule is CCCc1c(CC#N)nnn1C1CCCC1. The van der Waals surface area contributed by atoms with Gasteiger partial charge in [0.15, 0.2) is 0 Å². The molecule has 16 heavy (non-hydrogen) atoms. The molecular weight excluding hydrogens is 200 g/mol. The van der Waals surface area contributed by atoms with E-state index in [2.05, 4.69) is 28.0 Å². The summed E-state index contributed by atoms with van der Waals surface area (Å²) < 4.78 is 2.09. The Balaban J connectivity index is 2.25. The molecule has 0 amide bonds. The summed E-state index contributed by atoms with van der Waals surface area (Å²) in [5, 5.41) is 17.2. The molecular formula is C12H18N4. The molecule has 2 rings (SSSR count). The van der Waals surface area contributed by atoms with Crippen molar-refractivity contribution in [3.8, 4) is 6.07 Å². The molecule has 4 nitrogen and oxygen atoms in total. The van der Waals surface area contributed by atoms with Gasteiger partial charge in [0.2, 0.25) is 0 Å². The molecule has 1 heterocycles. The number of nitriles is 1. The zero-order chi connectivity index (χ0) is 11.4. The van der Waals surface area contributed by atoms with Crippen LogP contribution in [0.4, 0.5) is 0 Å². The highest BCUT2D eigenvalue weighted by molar-refractivity contribution is 5.15. The van der Waals surface area contributed by atoms with Crippen LogP contribution in [0.25, 0.3) is 0 Å². The Morgan fingerprint density at radius 3 is 2.81 bits per heavy atom. The van der Waals surface area contributed by atoms with Crippen molar-refractivity contribution in [3.05, 3.63) is 11.4 Å². The Morgan fingerprint density at radius 2 is 2.19 bits per heavy atom. The van der Waals surface area contributed by atoms with E-state index in [1.165, 1.54) is 31.4 Å². The maximum atomic E-state index is 8.76. The van der Waals surface area contributed by atoms with Gasteiger partial charge in [0, 0.05) is 0 Å². The number of rotatable bonds is 4. The summed E-state index contributed by atoms with van der Waals surface area (Å²) in [6.07, 6.45) is 7.48. The van der Waals surface area contributed by atoms with Crippen molar-refractivity contribution in [3.63, 3.8) is 0 Å². The second-order valence-electron chi connectivity index (χ2n) is 4.45. The molecule has 0 saturated heterocycles. The zero-order valence-electron chi connectivity index (χ0n) is 9.82. The van der Waals surface area contributed by atoms with Crippen LogP contribution in [0.2, 0.25) is 0 Å². The van der Waals surface area contributed by atoms with E-state index < -0.39 is 0 Å². The van der Waals surface area contributed by atoms with Gasteiger partial charge in [0.25, 0.3) is 0 Å². The fourth-order valence-electron chi connectivity index (χ4n) is 2.50. The summed E-state index contributed by atoms with van der Waals surface area (Å²) in [7, 11) is 0. The van der Waals surface area contributed by atoms with Gasteiger partial charge in [-0.2, -0.15) is 5.26 Å². The molecule has 86 valence electrons. The molecule has 1 aliphatic rings. The molecule has 0 aromatic carbocycles. The standard InChI is InChI=1S/C12H18N4/c1-2-5-12-11(8-9-13)14-15-16(12)10-6-3-4-7-10/h10H,2-8H2,1H3. The summed E-state index contributed by atoms with van der Waals surface area (Å²) >= 11 is 0. The zero-order valence-corrected chi connectivity index (χ0v) is 9.82. The van der Waals surface area contributed by atoms with Gasteiger partial charge in [-0.25, -0.2) is 4.68 Å². The lowest BCUT2D eigenvalue weighted by Gasteiger charge is -2.12. The van der Waals surface area contributed by atoms with E-state index in [1.54, 1.807) is 0 Å². The summed E-state index contributed by atoms with van der Waals surface area (Å²) in [5.74, 6) is 0. The van der Waals surface area contributed by atoms with Crippen LogP contribution in [-0.2, 0) is 12.8 Å². The van der Waals surface area contributed by atoms with Gasteiger partial charge in [0.05, 0.1) is 29.9 Å². The Morgan fingerprint density at radius 1 is 1.44 bits per heavy atom. The molecule has 1 aromatic rings. The minimum Gasteiger partial charge on any atom is -0.246 e. The first-order valence-corrected chi connectivity index (χ1v) is 6.16. The Bertz CT molecular complexity index is 382. The lowest BCUT2D eigenvalue weighted by molar-refractivity contribution is 0.437. The normalized spacial score (nSPS) is 16.5. The van der Waals surface area contributed by atoms with Crippen LogP contribution in [0.5, 0.6) is 0 Å². The lowest BCUT2D eigenvalue weighted by atomic mass is 10.1. The Hall–Kier alpha value is -1.37. The molecule has 0 aliphatic heterocycles. The molecule has 4 heteroatoms. The van der Waals surface area contributed by atoms with Crippen molar-refractivity contribution >= 4 is 0 Å². The molecule has 1 aromatic heterocycles. The van der Waals surface area contributed by atoms with Gasteiger partial charge in [-0.3, -0.25) is 0 Å². The minimum absolute atomic E-state index is 0.391. The molecule has 1 saturated carbocycles. The van der Waals surface area contributed by atoms with E-state index in [0.717, 1.165) is 18.5 Å². The highest BCUT2D eigenvalue weighted by Crippen LogP contribution is 2.30. The van der Waals surface area contributed by atoms with E-state index in [1.807, 2.05) is 0 Å². The maximum Gasteiger partial charge on any atom is 0.0999 e. The average Bonchev–Trinajstić information content (AvgIpc) is 2.89. The van der Waals surface area contributed by atoms with E-state index in [4.69, 9.17) is 5.26 Å². The first kappa shape index (κ1) is 11.1. The first-order chi connectivity index (χ1) is 7.86. The first-order valence-electron chi connectivity index (χ1n) is 6.16. The van der Waals surface area contributed by atoms with E-state index in [-0.39, 0.29) is 0 Å². The van der Waals surface area contributed by atoms with Crippen molar-refractivity contribution < 1.29 is 0 Å². The third-order valence-electron chi connectivity index (χ3n) is 3.28. The van der Waals surface area contributed by atoms with Crippen LogP contribution in [0.15, 0.2) is 0 Å². The van der Waals surface area contributed by atoms with Crippen molar-refractivity contribution in [2.24, 2.45) is 0 Å². The van der Waals surface area contributed by atoms with Crippen molar-refractivity contribution in [2.75, 3.05) is 0 Å². The molecule has 1 fully saturated rings. The van der Waals surface area contributed by atoms with Gasteiger partial charge in [-0.05, 0) is 19.3 Å². The van der Waals surface area contributed by atoms with Crippen LogP contribution in [0.1, 0.15) is 56.5 Å². The van der Waals surface area contributed by atoms with Crippen LogP contribution in [0, 0.1) is 11.3 Å². The van der Waals surface area contributed by atoms with Gasteiger partial charge in [-0.1, -0.05) is 31.4 Å². The summed E-state index contributed by atoms with van der Waals surface area (Å²) in [6.45, 7) is 2.15. The average molecular weight is 218 g/mol. The van der Waals surface area contributed by atoms with Gasteiger partial charge in [0.1, 0.15) is 0 Å². The third kappa shape index (κ3) is 2.08. The van der Waals surface area contributed by atoms with E-state index in [0.29, 0.717) is 12.5 Å². The van der Waals surface area contributed by atoms with Crippen molar-refractivity contribution in [2.45, 2.75) is 57.9 Å². The molecule has 0 unspecified atom stereocenters. The number of hydrogen-bond donors (Lipinski definition) is 0. The minimum atomic E-state index is 0.391. The fraction of sp³-hybridized carbons (Fsp3) is 0.750. The summed E-state index contributed by atoms with van der Waals surface area (Å²) in [6, 6.07) is 2.70. The third-order valence-corrected chi connectivity index (χ3v) is 3.28. The number of aromatic nitrogens is 3. The van der Waals surface area contributed by atoms with Crippen LogP contribution in [-0.4, -0.2) is 15.0 Å². The second-order valence-corrected chi connectivity index (χ2v) is 4.45. The van der Waals surface area contributed by atoms with Crippen LogP contribution >= 0.6 is 0 Å². The molecule has 0 bridgehead atoms. The molecule has 1 aliphatic carbocycles. The smallest absolute Gasteiger partial charge is 0.0999 e. The fourth-order valence-corrected chi connectivity index (χ4v) is 2.50. The highest BCUT2D eigenvalue weighted by atomic mass is 15.4. The maximum absolute atomic E-state index is 8.76. The Labute approximate surface area is 96.3 Å². The van der Waals surface area contributed by atoms with Crippen molar-refractivity contribution in [1.29, 1.82) is 5.26 Å². The molecule has 0 spiro atoms. The predicted octanol–water partition coefficient (Wildman–Crippen LogP) is 2.41. The van der Waals surface area contributed by atoms with Crippen molar-refractivity contribution in [1.82, 2.24) is 15.0 Å².